The number of amides is 1. The number of carbonyl (C=O) groups excluding carboxylic acids is 1. The molecule has 1 amide bonds. The molecule has 0 radical (unpaired) electrons. The molecule has 6 rings (SSSR count). The van der Waals surface area contributed by atoms with Crippen LogP contribution in [-0.2, 0) is 4.79 Å². The quantitative estimate of drug-likeness (QED) is 0.304. The van der Waals surface area contributed by atoms with Gasteiger partial charge in [-0.1, -0.05) is 13.0 Å². The number of nitrogens with zero attached hydrogens (tertiary/aromatic N) is 5. The molecule has 0 spiro atoms. The van der Waals surface area contributed by atoms with Crippen LogP contribution in [0.2, 0.25) is 0 Å². The van der Waals surface area contributed by atoms with Gasteiger partial charge in [0.05, 0.1) is 22.9 Å². The van der Waals surface area contributed by atoms with Crippen LogP contribution in [0, 0.1) is 0 Å². The van der Waals surface area contributed by atoms with Gasteiger partial charge in [-0.05, 0) is 55.5 Å². The third-order valence-electron chi connectivity index (χ3n) is 6.66. The minimum absolute atomic E-state index is 0.00711. The molecule has 9 nitrogen and oxygen atoms in total. The molecule has 0 saturated carbocycles. The molecule has 9 heteroatoms. The van der Waals surface area contributed by atoms with Gasteiger partial charge in [0.1, 0.15) is 11.2 Å². The molecule has 1 saturated heterocycles. The number of piperidine rings is 1. The summed E-state index contributed by atoms with van der Waals surface area (Å²) in [7, 11) is 0. The molecular formula is C27H28N8O. The Balaban J connectivity index is 1.37. The van der Waals surface area contributed by atoms with Crippen molar-refractivity contribution in [3.63, 3.8) is 0 Å². The second-order valence-corrected chi connectivity index (χ2v) is 9.26. The summed E-state index contributed by atoms with van der Waals surface area (Å²) in [4.78, 5) is 31.8. The van der Waals surface area contributed by atoms with Crippen molar-refractivity contribution < 1.29 is 4.79 Å². The Morgan fingerprint density at radius 2 is 1.94 bits per heavy atom. The molecule has 36 heavy (non-hydrogen) atoms. The van der Waals surface area contributed by atoms with Crippen LogP contribution >= 0.6 is 0 Å². The van der Waals surface area contributed by atoms with Gasteiger partial charge in [0.25, 0.3) is 0 Å². The zero-order valence-electron chi connectivity index (χ0n) is 20.2. The molecule has 3 N–H and O–H groups in total. The molecule has 1 aliphatic heterocycles. The molecule has 4 aromatic heterocycles. The highest BCUT2D eigenvalue weighted by Crippen LogP contribution is 2.33. The Morgan fingerprint density at radius 3 is 2.81 bits per heavy atom. The highest BCUT2D eigenvalue weighted by atomic mass is 16.1. The van der Waals surface area contributed by atoms with Gasteiger partial charge in [-0.25, -0.2) is 9.97 Å². The number of carbonyl (C=O) groups is 1. The maximum Gasteiger partial charge on any atom is 0.224 e. The van der Waals surface area contributed by atoms with Crippen LogP contribution in [0.25, 0.3) is 44.6 Å². The first kappa shape index (κ1) is 22.2. The van der Waals surface area contributed by atoms with Crippen molar-refractivity contribution in [2.75, 3.05) is 23.3 Å². The molecule has 5 aromatic rings. The van der Waals surface area contributed by atoms with E-state index < -0.39 is 0 Å². The Kier molecular flexibility index (Phi) is 5.80. The molecule has 5 heterocycles. The van der Waals surface area contributed by atoms with E-state index in [1.54, 1.807) is 12.4 Å². The third kappa shape index (κ3) is 4.17. The first-order chi connectivity index (χ1) is 17.7. The fourth-order valence-electron chi connectivity index (χ4n) is 4.86. The molecule has 1 fully saturated rings. The van der Waals surface area contributed by atoms with Crippen molar-refractivity contribution in [2.45, 2.75) is 39.0 Å². The largest absolute Gasteiger partial charge is 0.355 e. The van der Waals surface area contributed by atoms with Gasteiger partial charge in [0, 0.05) is 42.9 Å². The van der Waals surface area contributed by atoms with Gasteiger partial charge in [-0.2, -0.15) is 5.10 Å². The average molecular weight is 481 g/mol. The van der Waals surface area contributed by atoms with E-state index in [4.69, 9.17) is 4.98 Å². The first-order valence-corrected chi connectivity index (χ1v) is 12.5. The van der Waals surface area contributed by atoms with Crippen LogP contribution < -0.4 is 10.2 Å². The number of aromatic amines is 2. The van der Waals surface area contributed by atoms with E-state index in [0.29, 0.717) is 17.9 Å². The predicted molar refractivity (Wildman–Crippen MR) is 142 cm³/mol. The highest BCUT2D eigenvalue weighted by Gasteiger charge is 2.19. The molecule has 1 aliphatic rings. The second kappa shape index (κ2) is 9.41. The summed E-state index contributed by atoms with van der Waals surface area (Å²) in [5, 5.41) is 11.6. The van der Waals surface area contributed by atoms with Gasteiger partial charge in [-0.15, -0.1) is 0 Å². The van der Waals surface area contributed by atoms with E-state index in [-0.39, 0.29) is 5.91 Å². The first-order valence-electron chi connectivity index (χ1n) is 12.5. The SMILES string of the molecule is CCCC(=O)Nc1cncc(-c2ccc3[nH]nc(-c4nc5c(N6CCCCC6)nccc5[nH]4)c3c2)c1. The van der Waals surface area contributed by atoms with E-state index in [9.17, 15) is 4.79 Å². The zero-order valence-corrected chi connectivity index (χ0v) is 20.2. The number of hydrogen-bond donors (Lipinski definition) is 3. The Bertz CT molecular complexity index is 1550. The number of pyridine rings is 2. The lowest BCUT2D eigenvalue weighted by molar-refractivity contribution is -0.116. The Labute approximate surface area is 208 Å². The second-order valence-electron chi connectivity index (χ2n) is 9.26. The molecule has 0 atom stereocenters. The Hall–Kier alpha value is -4.27. The number of aromatic nitrogens is 6. The Morgan fingerprint density at radius 1 is 1.06 bits per heavy atom. The minimum atomic E-state index is -0.00711. The van der Waals surface area contributed by atoms with Gasteiger partial charge in [0.2, 0.25) is 5.91 Å². The molecule has 0 bridgehead atoms. The number of rotatable bonds is 6. The third-order valence-corrected chi connectivity index (χ3v) is 6.66. The predicted octanol–water partition coefficient (Wildman–Crippen LogP) is 5.29. The van der Waals surface area contributed by atoms with Crippen molar-refractivity contribution >= 4 is 39.3 Å². The van der Waals surface area contributed by atoms with Gasteiger partial charge < -0.3 is 15.2 Å². The molecule has 0 unspecified atom stereocenters. The van der Waals surface area contributed by atoms with Crippen LogP contribution in [0.5, 0.6) is 0 Å². The van der Waals surface area contributed by atoms with Crippen LogP contribution in [0.3, 0.4) is 0 Å². The number of fused-ring (bicyclic) bond motifs is 2. The smallest absolute Gasteiger partial charge is 0.224 e. The summed E-state index contributed by atoms with van der Waals surface area (Å²) in [5.74, 6) is 1.63. The number of imidazole rings is 1. The highest BCUT2D eigenvalue weighted by molar-refractivity contribution is 5.97. The van der Waals surface area contributed by atoms with Crippen LogP contribution in [0.15, 0.2) is 48.9 Å². The number of benzene rings is 1. The lowest BCUT2D eigenvalue weighted by Gasteiger charge is -2.27. The van der Waals surface area contributed by atoms with Crippen molar-refractivity contribution in [2.24, 2.45) is 0 Å². The fraction of sp³-hybridized carbons (Fsp3) is 0.296. The summed E-state index contributed by atoms with van der Waals surface area (Å²) in [6.45, 7) is 4.00. The van der Waals surface area contributed by atoms with Gasteiger partial charge >= 0.3 is 0 Å². The zero-order chi connectivity index (χ0) is 24.5. The van der Waals surface area contributed by atoms with Crippen LogP contribution in [0.1, 0.15) is 39.0 Å². The summed E-state index contributed by atoms with van der Waals surface area (Å²) in [6.07, 6.45) is 10.2. The van der Waals surface area contributed by atoms with Crippen molar-refractivity contribution in [1.82, 2.24) is 30.1 Å². The number of anilines is 2. The van der Waals surface area contributed by atoms with Crippen LogP contribution in [0.4, 0.5) is 11.5 Å². The van der Waals surface area contributed by atoms with Gasteiger partial charge in [-0.3, -0.25) is 14.9 Å². The van der Waals surface area contributed by atoms with E-state index >= 15 is 0 Å². The lowest BCUT2D eigenvalue weighted by atomic mass is 10.0. The molecule has 0 aliphatic carbocycles. The summed E-state index contributed by atoms with van der Waals surface area (Å²) < 4.78 is 0. The van der Waals surface area contributed by atoms with E-state index in [0.717, 1.165) is 64.1 Å². The van der Waals surface area contributed by atoms with E-state index in [1.807, 2.05) is 37.4 Å². The van der Waals surface area contributed by atoms with E-state index in [2.05, 4.69) is 41.4 Å². The standard InChI is InChI=1S/C27H28N8O/c1-2-6-23(36)30-19-13-18(15-28-16-19)17-7-8-21-20(14-17)24(34-33-21)26-31-22-9-10-29-27(25(22)32-26)35-11-4-3-5-12-35/h7-10,13-16H,2-6,11-12H2,1H3,(H,30,36)(H,31,32)(H,33,34). The van der Waals surface area contributed by atoms with Gasteiger partial charge in [0.15, 0.2) is 11.6 Å². The fourth-order valence-corrected chi connectivity index (χ4v) is 4.86. The number of nitrogens with one attached hydrogen (secondary N) is 3. The van der Waals surface area contributed by atoms with Crippen molar-refractivity contribution in [3.8, 4) is 22.6 Å². The van der Waals surface area contributed by atoms with Crippen molar-refractivity contribution in [3.05, 3.63) is 48.9 Å². The lowest BCUT2D eigenvalue weighted by Crippen LogP contribution is -2.30. The minimum Gasteiger partial charge on any atom is -0.355 e. The molecular weight excluding hydrogens is 452 g/mol. The number of hydrogen-bond acceptors (Lipinski definition) is 6. The summed E-state index contributed by atoms with van der Waals surface area (Å²) in [5.41, 5.74) is 6.09. The normalized spacial score (nSPS) is 14.0. The summed E-state index contributed by atoms with van der Waals surface area (Å²) >= 11 is 0. The maximum atomic E-state index is 12.0. The monoisotopic (exact) mass is 480 g/mol. The number of H-pyrrole nitrogens is 2. The average Bonchev–Trinajstić information content (AvgIpc) is 3.53. The van der Waals surface area contributed by atoms with E-state index in [1.165, 1.54) is 19.3 Å². The molecule has 1 aromatic carbocycles. The topological polar surface area (TPSA) is 115 Å². The van der Waals surface area contributed by atoms with Crippen molar-refractivity contribution in [1.29, 1.82) is 0 Å². The molecule has 182 valence electrons. The van der Waals surface area contributed by atoms with Crippen LogP contribution in [-0.4, -0.2) is 49.1 Å². The summed E-state index contributed by atoms with van der Waals surface area (Å²) in [6, 6.07) is 10.0. The maximum absolute atomic E-state index is 12.0.